The third-order valence-electron chi connectivity index (χ3n) is 2.92. The highest BCUT2D eigenvalue weighted by atomic mass is 32.2. The summed E-state index contributed by atoms with van der Waals surface area (Å²) >= 11 is 0. The number of benzene rings is 1. The van der Waals surface area contributed by atoms with Gasteiger partial charge in [-0.1, -0.05) is 17.3 Å². The molecule has 0 fully saturated rings. The smallest absolute Gasteiger partial charge is 0.216 e. The number of halogens is 1. The van der Waals surface area contributed by atoms with E-state index in [1.54, 1.807) is 13.8 Å². The van der Waals surface area contributed by atoms with Gasteiger partial charge in [-0.05, 0) is 31.5 Å². The zero-order valence-corrected chi connectivity index (χ0v) is 12.0. The molecule has 1 aromatic carbocycles. The van der Waals surface area contributed by atoms with E-state index < -0.39 is 15.8 Å². The second-order valence-electron chi connectivity index (χ2n) is 4.51. The van der Waals surface area contributed by atoms with E-state index in [1.807, 2.05) is 0 Å². The first-order valence-corrected chi connectivity index (χ1v) is 7.66. The number of nitrogens with one attached hydrogen (secondary N) is 1. The molecule has 2 rings (SSSR count). The van der Waals surface area contributed by atoms with Crippen LogP contribution in [0, 0.1) is 19.7 Å². The van der Waals surface area contributed by atoms with Crippen molar-refractivity contribution in [2.45, 2.75) is 26.1 Å². The normalized spacial score (nSPS) is 11.8. The van der Waals surface area contributed by atoms with Gasteiger partial charge in [-0.3, -0.25) is 0 Å². The van der Waals surface area contributed by atoms with E-state index in [4.69, 9.17) is 4.52 Å². The van der Waals surface area contributed by atoms with Crippen LogP contribution in [0.5, 0.6) is 0 Å². The molecule has 0 radical (unpaired) electrons. The van der Waals surface area contributed by atoms with Crippen molar-refractivity contribution in [3.8, 4) is 0 Å². The molecule has 0 aliphatic heterocycles. The second kappa shape index (κ2) is 5.72. The second-order valence-corrected chi connectivity index (χ2v) is 6.32. The molecule has 0 saturated heterocycles. The fourth-order valence-corrected chi connectivity index (χ4v) is 2.89. The first kappa shape index (κ1) is 14.7. The molecular weight excluding hydrogens is 283 g/mol. The van der Waals surface area contributed by atoms with Crippen molar-refractivity contribution in [3.05, 3.63) is 52.7 Å². The van der Waals surface area contributed by atoms with E-state index in [0.717, 1.165) is 5.56 Å². The maximum atomic E-state index is 12.8. The maximum absolute atomic E-state index is 12.8. The summed E-state index contributed by atoms with van der Waals surface area (Å²) in [6.07, 6.45) is 0. The van der Waals surface area contributed by atoms with Crippen LogP contribution in [0.4, 0.5) is 4.39 Å². The lowest BCUT2D eigenvalue weighted by Gasteiger charge is -2.06. The molecule has 0 saturated carbocycles. The molecule has 0 aliphatic rings. The van der Waals surface area contributed by atoms with Crippen LogP contribution >= 0.6 is 0 Å². The van der Waals surface area contributed by atoms with Crippen LogP contribution < -0.4 is 4.72 Å². The average molecular weight is 298 g/mol. The SMILES string of the molecule is Cc1noc(C)c1CNS(=O)(=O)Cc1ccc(F)cc1. The minimum Gasteiger partial charge on any atom is -0.361 e. The monoisotopic (exact) mass is 298 g/mol. The molecule has 108 valence electrons. The predicted molar refractivity (Wildman–Crippen MR) is 71.8 cm³/mol. The van der Waals surface area contributed by atoms with Crippen LogP contribution in [0.25, 0.3) is 0 Å². The summed E-state index contributed by atoms with van der Waals surface area (Å²) in [7, 11) is -3.50. The zero-order chi connectivity index (χ0) is 14.8. The van der Waals surface area contributed by atoms with Gasteiger partial charge in [0, 0.05) is 12.1 Å². The molecule has 1 heterocycles. The Labute approximate surface area is 116 Å². The highest BCUT2D eigenvalue weighted by Gasteiger charge is 2.15. The standard InChI is InChI=1S/C13H15FN2O3S/c1-9-13(10(2)19-16-9)7-15-20(17,18)8-11-3-5-12(14)6-4-11/h3-6,15H,7-8H2,1-2H3. The van der Waals surface area contributed by atoms with Crippen LogP contribution in [0.3, 0.4) is 0 Å². The molecule has 0 amide bonds. The summed E-state index contributed by atoms with van der Waals surface area (Å²) in [6, 6.07) is 5.37. The highest BCUT2D eigenvalue weighted by Crippen LogP contribution is 2.13. The van der Waals surface area contributed by atoms with Crippen molar-refractivity contribution in [3.63, 3.8) is 0 Å². The van der Waals surface area contributed by atoms with Crippen molar-refractivity contribution in [1.29, 1.82) is 0 Å². The van der Waals surface area contributed by atoms with Crippen LogP contribution in [0.15, 0.2) is 28.8 Å². The Morgan fingerprint density at radius 2 is 1.90 bits per heavy atom. The summed E-state index contributed by atoms with van der Waals surface area (Å²) in [5, 5.41) is 3.76. The van der Waals surface area contributed by atoms with Crippen molar-refractivity contribution >= 4 is 10.0 Å². The van der Waals surface area contributed by atoms with E-state index in [2.05, 4.69) is 9.88 Å². The lowest BCUT2D eigenvalue weighted by atomic mass is 10.2. The first-order valence-electron chi connectivity index (χ1n) is 6.01. The van der Waals surface area contributed by atoms with E-state index in [0.29, 0.717) is 17.0 Å². The Balaban J connectivity index is 2.03. The third kappa shape index (κ3) is 3.64. The minimum atomic E-state index is -3.50. The molecule has 5 nitrogen and oxygen atoms in total. The fourth-order valence-electron chi connectivity index (χ4n) is 1.79. The molecule has 20 heavy (non-hydrogen) atoms. The predicted octanol–water partition coefficient (Wildman–Crippen LogP) is 2.05. The summed E-state index contributed by atoms with van der Waals surface area (Å²) in [5.41, 5.74) is 1.91. The van der Waals surface area contributed by atoms with Gasteiger partial charge in [0.1, 0.15) is 11.6 Å². The number of aromatic nitrogens is 1. The third-order valence-corrected chi connectivity index (χ3v) is 4.22. The van der Waals surface area contributed by atoms with Gasteiger partial charge < -0.3 is 4.52 Å². The zero-order valence-electron chi connectivity index (χ0n) is 11.2. The van der Waals surface area contributed by atoms with Gasteiger partial charge in [0.2, 0.25) is 10.0 Å². The molecule has 0 bridgehead atoms. The van der Waals surface area contributed by atoms with Gasteiger partial charge >= 0.3 is 0 Å². The van der Waals surface area contributed by atoms with Crippen LogP contribution in [0.2, 0.25) is 0 Å². The topological polar surface area (TPSA) is 72.2 Å². The fraction of sp³-hybridized carbons (Fsp3) is 0.308. The molecule has 1 aromatic heterocycles. The quantitative estimate of drug-likeness (QED) is 0.917. The first-order chi connectivity index (χ1) is 9.37. The largest absolute Gasteiger partial charge is 0.361 e. The Bertz CT molecular complexity index is 673. The van der Waals surface area contributed by atoms with E-state index >= 15 is 0 Å². The van der Waals surface area contributed by atoms with Crippen LogP contribution in [-0.4, -0.2) is 13.6 Å². The Morgan fingerprint density at radius 1 is 1.25 bits per heavy atom. The molecule has 0 spiro atoms. The Kier molecular flexibility index (Phi) is 4.20. The molecular formula is C13H15FN2O3S. The minimum absolute atomic E-state index is 0.130. The molecule has 1 N–H and O–H groups in total. The lowest BCUT2D eigenvalue weighted by Crippen LogP contribution is -2.25. The van der Waals surface area contributed by atoms with E-state index in [1.165, 1.54) is 24.3 Å². The van der Waals surface area contributed by atoms with Crippen LogP contribution in [-0.2, 0) is 22.3 Å². The number of rotatable bonds is 5. The summed E-state index contributed by atoms with van der Waals surface area (Å²) < 4.78 is 44.1. The van der Waals surface area contributed by atoms with Gasteiger partial charge in [0.05, 0.1) is 11.4 Å². The summed E-state index contributed by atoms with van der Waals surface area (Å²) in [6.45, 7) is 3.61. The van der Waals surface area contributed by atoms with Gasteiger partial charge in [0.25, 0.3) is 0 Å². The summed E-state index contributed by atoms with van der Waals surface area (Å²) in [5.74, 6) is -0.00164. The van der Waals surface area contributed by atoms with Gasteiger partial charge in [-0.25, -0.2) is 17.5 Å². The van der Waals surface area contributed by atoms with Crippen molar-refractivity contribution < 1.29 is 17.3 Å². The van der Waals surface area contributed by atoms with E-state index in [-0.39, 0.29) is 12.3 Å². The van der Waals surface area contributed by atoms with Crippen molar-refractivity contribution in [2.75, 3.05) is 0 Å². The number of sulfonamides is 1. The number of hydrogen-bond donors (Lipinski definition) is 1. The van der Waals surface area contributed by atoms with Gasteiger partial charge in [-0.15, -0.1) is 0 Å². The molecule has 2 aromatic rings. The van der Waals surface area contributed by atoms with Crippen molar-refractivity contribution in [1.82, 2.24) is 9.88 Å². The molecule has 7 heteroatoms. The maximum Gasteiger partial charge on any atom is 0.216 e. The number of hydrogen-bond acceptors (Lipinski definition) is 4. The van der Waals surface area contributed by atoms with Gasteiger partial charge in [0.15, 0.2) is 0 Å². The van der Waals surface area contributed by atoms with Crippen molar-refractivity contribution in [2.24, 2.45) is 0 Å². The Morgan fingerprint density at radius 3 is 2.45 bits per heavy atom. The van der Waals surface area contributed by atoms with E-state index in [9.17, 15) is 12.8 Å². The molecule has 0 aliphatic carbocycles. The Hall–Kier alpha value is -1.73. The molecule has 0 unspecified atom stereocenters. The highest BCUT2D eigenvalue weighted by molar-refractivity contribution is 7.88. The van der Waals surface area contributed by atoms with Gasteiger partial charge in [-0.2, -0.15) is 0 Å². The number of nitrogens with zero attached hydrogens (tertiary/aromatic N) is 1. The lowest BCUT2D eigenvalue weighted by molar-refractivity contribution is 0.392. The average Bonchev–Trinajstić information content (AvgIpc) is 2.69. The van der Waals surface area contributed by atoms with Crippen LogP contribution in [0.1, 0.15) is 22.6 Å². The summed E-state index contributed by atoms with van der Waals surface area (Å²) in [4.78, 5) is 0. The molecule has 0 atom stereocenters. The number of aryl methyl sites for hydroxylation is 2.